The third-order valence-electron chi connectivity index (χ3n) is 5.27. The van der Waals surface area contributed by atoms with Gasteiger partial charge in [-0.25, -0.2) is 4.99 Å². The summed E-state index contributed by atoms with van der Waals surface area (Å²) in [5.74, 6) is 1.04. The number of nitrogens with zero attached hydrogens (tertiary/aromatic N) is 5. The first-order valence-corrected chi connectivity index (χ1v) is 10.6. The molecule has 0 aromatic carbocycles. The number of piperazine rings is 1. The van der Waals surface area contributed by atoms with Crippen LogP contribution >= 0.6 is 0 Å². The van der Waals surface area contributed by atoms with E-state index < -0.39 is 0 Å². The lowest BCUT2D eigenvalue weighted by Gasteiger charge is -2.37. The van der Waals surface area contributed by atoms with Crippen molar-refractivity contribution in [2.75, 3.05) is 66.5 Å². The van der Waals surface area contributed by atoms with Crippen LogP contribution in [0.15, 0.2) is 4.99 Å². The largest absolute Gasteiger partial charge is 0.354 e. The average molecular weight is 395 g/mol. The second-order valence-electron chi connectivity index (χ2n) is 8.29. The van der Waals surface area contributed by atoms with Crippen molar-refractivity contribution in [1.82, 2.24) is 24.9 Å². The van der Waals surface area contributed by atoms with Gasteiger partial charge >= 0.3 is 0 Å². The number of hydrogen-bond acceptors (Lipinski definition) is 4. The predicted octanol–water partition coefficient (Wildman–Crippen LogP) is 0.449. The second-order valence-corrected chi connectivity index (χ2v) is 8.29. The van der Waals surface area contributed by atoms with Crippen LogP contribution in [-0.2, 0) is 9.59 Å². The first-order chi connectivity index (χ1) is 13.4. The number of nitrogens with one attached hydrogen (secondary N) is 1. The van der Waals surface area contributed by atoms with E-state index in [9.17, 15) is 9.59 Å². The molecule has 0 saturated carbocycles. The summed E-state index contributed by atoms with van der Waals surface area (Å²) in [5.41, 5.74) is 0. The lowest BCUT2D eigenvalue weighted by Crippen LogP contribution is -2.55. The van der Waals surface area contributed by atoms with Crippen LogP contribution in [0.1, 0.15) is 39.5 Å². The number of guanidine groups is 1. The molecule has 8 nitrogen and oxygen atoms in total. The molecule has 0 aromatic rings. The number of carbonyl (C=O) groups excluding carboxylic acids is 2. The zero-order chi connectivity index (χ0) is 20.5. The Morgan fingerprint density at radius 2 is 1.54 bits per heavy atom. The molecule has 2 heterocycles. The Morgan fingerprint density at radius 3 is 2.07 bits per heavy atom. The highest BCUT2D eigenvalue weighted by Gasteiger charge is 2.24. The van der Waals surface area contributed by atoms with Crippen LogP contribution in [0, 0.1) is 0 Å². The molecule has 0 unspecified atom stereocenters. The molecule has 2 rings (SSSR count). The van der Waals surface area contributed by atoms with E-state index in [0.717, 1.165) is 58.1 Å². The van der Waals surface area contributed by atoms with Gasteiger partial charge in [0.2, 0.25) is 11.8 Å². The summed E-state index contributed by atoms with van der Waals surface area (Å²) in [5, 5.41) is 3.37. The standard InChI is InChI=1S/C20H38N6O2/c1-17(2)22-20(21-15-18(27)23(3)4)26-13-11-24(12-14-26)16-19(28)25-9-7-5-6-8-10-25/h17H,5-16H2,1-4H3,(H,21,22). The van der Waals surface area contributed by atoms with Crippen molar-refractivity contribution in [1.29, 1.82) is 0 Å². The maximum absolute atomic E-state index is 12.6. The fourth-order valence-corrected chi connectivity index (χ4v) is 3.51. The molecule has 0 radical (unpaired) electrons. The minimum absolute atomic E-state index is 0.00950. The molecule has 28 heavy (non-hydrogen) atoms. The van der Waals surface area contributed by atoms with Gasteiger partial charge < -0.3 is 20.0 Å². The topological polar surface area (TPSA) is 71.5 Å². The van der Waals surface area contributed by atoms with E-state index in [1.807, 2.05) is 4.90 Å². The fourth-order valence-electron chi connectivity index (χ4n) is 3.51. The van der Waals surface area contributed by atoms with E-state index in [4.69, 9.17) is 0 Å². The number of rotatable bonds is 5. The van der Waals surface area contributed by atoms with Gasteiger partial charge in [0.1, 0.15) is 6.54 Å². The molecular weight excluding hydrogens is 356 g/mol. The fraction of sp³-hybridized carbons (Fsp3) is 0.850. The first-order valence-electron chi connectivity index (χ1n) is 10.6. The summed E-state index contributed by atoms with van der Waals surface area (Å²) in [7, 11) is 3.49. The normalized spacial score (nSPS) is 19.5. The van der Waals surface area contributed by atoms with Crippen molar-refractivity contribution < 1.29 is 9.59 Å². The Morgan fingerprint density at radius 1 is 0.929 bits per heavy atom. The minimum atomic E-state index is -0.00950. The quantitative estimate of drug-likeness (QED) is 0.542. The monoisotopic (exact) mass is 394 g/mol. The summed E-state index contributed by atoms with van der Waals surface area (Å²) in [6, 6.07) is 0.246. The summed E-state index contributed by atoms with van der Waals surface area (Å²) in [6.07, 6.45) is 4.74. The predicted molar refractivity (Wildman–Crippen MR) is 112 cm³/mol. The molecule has 1 N–H and O–H groups in total. The summed E-state index contributed by atoms with van der Waals surface area (Å²) >= 11 is 0. The molecule has 2 fully saturated rings. The van der Waals surface area contributed by atoms with Crippen molar-refractivity contribution >= 4 is 17.8 Å². The third-order valence-corrected chi connectivity index (χ3v) is 5.27. The molecule has 0 spiro atoms. The molecule has 0 aromatic heterocycles. The van der Waals surface area contributed by atoms with Crippen LogP contribution in [0.4, 0.5) is 0 Å². The molecule has 2 saturated heterocycles. The maximum atomic E-state index is 12.6. The van der Waals surface area contributed by atoms with Crippen molar-refractivity contribution in [3.63, 3.8) is 0 Å². The molecule has 8 heteroatoms. The van der Waals surface area contributed by atoms with E-state index in [1.165, 1.54) is 12.8 Å². The molecule has 2 amide bonds. The van der Waals surface area contributed by atoms with Crippen LogP contribution in [0.2, 0.25) is 0 Å². The third kappa shape index (κ3) is 7.30. The lowest BCUT2D eigenvalue weighted by atomic mass is 10.2. The van der Waals surface area contributed by atoms with Crippen molar-refractivity contribution in [3.05, 3.63) is 0 Å². The zero-order valence-corrected chi connectivity index (χ0v) is 18.1. The zero-order valence-electron chi connectivity index (χ0n) is 18.1. The van der Waals surface area contributed by atoms with Gasteiger partial charge in [-0.05, 0) is 26.7 Å². The van der Waals surface area contributed by atoms with Gasteiger partial charge in [-0.2, -0.15) is 0 Å². The van der Waals surface area contributed by atoms with E-state index in [2.05, 4.69) is 34.0 Å². The summed E-state index contributed by atoms with van der Waals surface area (Å²) in [4.78, 5) is 37.1. The first kappa shape index (κ1) is 22.5. The van der Waals surface area contributed by atoms with Crippen LogP contribution in [-0.4, -0.2) is 110 Å². The highest BCUT2D eigenvalue weighted by atomic mass is 16.2. The minimum Gasteiger partial charge on any atom is -0.354 e. The van der Waals surface area contributed by atoms with E-state index in [-0.39, 0.29) is 24.4 Å². The van der Waals surface area contributed by atoms with Gasteiger partial charge in [0, 0.05) is 59.4 Å². The number of amides is 2. The number of carbonyl (C=O) groups is 2. The highest BCUT2D eigenvalue weighted by molar-refractivity contribution is 5.85. The molecule has 0 atom stereocenters. The van der Waals surface area contributed by atoms with Gasteiger partial charge in [0.25, 0.3) is 0 Å². The Hall–Kier alpha value is -1.83. The summed E-state index contributed by atoms with van der Waals surface area (Å²) in [6.45, 7) is 9.90. The van der Waals surface area contributed by atoms with Crippen LogP contribution in [0.3, 0.4) is 0 Å². The Bertz CT molecular complexity index is 533. The SMILES string of the molecule is CC(C)NC(=NCC(=O)N(C)C)N1CCN(CC(=O)N2CCCCCC2)CC1. The van der Waals surface area contributed by atoms with E-state index >= 15 is 0 Å². The molecule has 160 valence electrons. The Kier molecular flexibility index (Phi) is 9.02. The number of aliphatic imine (C=N–C) groups is 1. The Labute approximate surface area is 169 Å². The smallest absolute Gasteiger partial charge is 0.243 e. The molecular formula is C20H38N6O2. The Balaban J connectivity index is 1.85. The van der Waals surface area contributed by atoms with Gasteiger partial charge in [0.15, 0.2) is 5.96 Å². The number of likely N-dealkylation sites (tertiary alicyclic amines) is 1. The average Bonchev–Trinajstić information content (AvgIpc) is 2.94. The summed E-state index contributed by atoms with van der Waals surface area (Å²) < 4.78 is 0. The lowest BCUT2D eigenvalue weighted by molar-refractivity contribution is -0.132. The second kappa shape index (κ2) is 11.2. The molecule has 0 aliphatic carbocycles. The highest BCUT2D eigenvalue weighted by Crippen LogP contribution is 2.11. The van der Waals surface area contributed by atoms with Crippen LogP contribution in [0.25, 0.3) is 0 Å². The van der Waals surface area contributed by atoms with Gasteiger partial charge in [0.05, 0.1) is 6.54 Å². The molecule has 0 bridgehead atoms. The number of hydrogen-bond donors (Lipinski definition) is 1. The van der Waals surface area contributed by atoms with Gasteiger partial charge in [-0.1, -0.05) is 12.8 Å². The van der Waals surface area contributed by atoms with E-state index in [0.29, 0.717) is 6.54 Å². The van der Waals surface area contributed by atoms with Gasteiger partial charge in [-0.3, -0.25) is 14.5 Å². The van der Waals surface area contributed by atoms with Gasteiger partial charge in [-0.15, -0.1) is 0 Å². The van der Waals surface area contributed by atoms with Crippen molar-refractivity contribution in [3.8, 4) is 0 Å². The maximum Gasteiger partial charge on any atom is 0.243 e. The molecule has 2 aliphatic heterocycles. The van der Waals surface area contributed by atoms with Crippen molar-refractivity contribution in [2.45, 2.75) is 45.6 Å². The van der Waals surface area contributed by atoms with Crippen LogP contribution < -0.4 is 5.32 Å². The van der Waals surface area contributed by atoms with Crippen molar-refractivity contribution in [2.24, 2.45) is 4.99 Å². The van der Waals surface area contributed by atoms with E-state index in [1.54, 1.807) is 19.0 Å². The van der Waals surface area contributed by atoms with Crippen LogP contribution in [0.5, 0.6) is 0 Å². The molecule has 2 aliphatic rings. The number of likely N-dealkylation sites (N-methyl/N-ethyl adjacent to an activating group) is 1.